The zero-order valence-electron chi connectivity index (χ0n) is 14.9. The molecule has 25 heavy (non-hydrogen) atoms. The summed E-state index contributed by atoms with van der Waals surface area (Å²) >= 11 is 0. The lowest BCUT2D eigenvalue weighted by atomic mass is 9.91. The zero-order chi connectivity index (χ0) is 17.4. The van der Waals surface area contributed by atoms with E-state index in [1.54, 1.807) is 6.20 Å². The van der Waals surface area contributed by atoms with E-state index in [2.05, 4.69) is 29.2 Å². The smallest absolute Gasteiger partial charge is 0.259 e. The van der Waals surface area contributed by atoms with Gasteiger partial charge >= 0.3 is 0 Å². The molecule has 1 unspecified atom stereocenters. The minimum atomic E-state index is -0.177. The summed E-state index contributed by atoms with van der Waals surface area (Å²) in [6.45, 7) is 6.01. The zero-order valence-corrected chi connectivity index (χ0v) is 14.9. The number of piperidine rings is 1. The van der Waals surface area contributed by atoms with Crippen molar-refractivity contribution in [3.63, 3.8) is 0 Å². The highest BCUT2D eigenvalue weighted by molar-refractivity contribution is 5.99. The van der Waals surface area contributed by atoms with Crippen molar-refractivity contribution in [2.75, 3.05) is 18.4 Å². The Morgan fingerprint density at radius 1 is 1.24 bits per heavy atom. The lowest BCUT2D eigenvalue weighted by molar-refractivity contribution is 0.0725. The number of carbonyl (C=O) groups excluding carboxylic acids is 1. The number of anilines is 1. The molecule has 2 aromatic rings. The molecule has 1 atom stereocenters. The molecule has 0 radical (unpaired) electrons. The van der Waals surface area contributed by atoms with Crippen LogP contribution in [-0.2, 0) is 5.54 Å². The van der Waals surface area contributed by atoms with E-state index in [-0.39, 0.29) is 17.5 Å². The summed E-state index contributed by atoms with van der Waals surface area (Å²) in [5.74, 6) is 0.911. The monoisotopic (exact) mass is 339 g/mol. The van der Waals surface area contributed by atoms with Crippen LogP contribution in [0.4, 0.5) is 5.82 Å². The Labute approximate surface area is 148 Å². The summed E-state index contributed by atoms with van der Waals surface area (Å²) in [6.07, 6.45) is 7.80. The van der Waals surface area contributed by atoms with Crippen molar-refractivity contribution in [2.45, 2.75) is 51.1 Å². The highest BCUT2D eigenvalue weighted by Crippen LogP contribution is 2.39. The first-order valence-corrected chi connectivity index (χ1v) is 9.11. The molecule has 1 fully saturated rings. The summed E-state index contributed by atoms with van der Waals surface area (Å²) in [5.41, 5.74) is 1.50. The van der Waals surface area contributed by atoms with Gasteiger partial charge in [-0.15, -0.1) is 0 Å². The number of pyridine rings is 1. The standard InChI is InChI=1S/C19H25N5O/c1-19(2)12-16(15-8-4-5-9-20-15)22-17-14(13-21-24(17)19)18(25)23-10-6-3-7-11-23/h4-5,8-9,13,16,22H,3,6-7,10-12H2,1-2H3. The molecule has 1 saturated heterocycles. The van der Waals surface area contributed by atoms with Gasteiger partial charge in [0.15, 0.2) is 0 Å². The number of likely N-dealkylation sites (tertiary alicyclic amines) is 1. The molecule has 0 spiro atoms. The molecule has 4 heterocycles. The van der Waals surface area contributed by atoms with Crippen LogP contribution in [0.2, 0.25) is 0 Å². The maximum atomic E-state index is 13.0. The molecule has 2 aromatic heterocycles. The second kappa shape index (κ2) is 6.17. The Morgan fingerprint density at radius 2 is 2.04 bits per heavy atom. The highest BCUT2D eigenvalue weighted by Gasteiger charge is 2.37. The molecule has 0 saturated carbocycles. The van der Waals surface area contributed by atoms with Gasteiger partial charge in [0.25, 0.3) is 5.91 Å². The van der Waals surface area contributed by atoms with Crippen molar-refractivity contribution in [2.24, 2.45) is 0 Å². The van der Waals surface area contributed by atoms with Crippen LogP contribution in [0, 0.1) is 0 Å². The van der Waals surface area contributed by atoms with Crippen LogP contribution >= 0.6 is 0 Å². The van der Waals surface area contributed by atoms with Crippen molar-refractivity contribution < 1.29 is 4.79 Å². The third-order valence-corrected chi connectivity index (χ3v) is 5.28. The van der Waals surface area contributed by atoms with E-state index in [0.29, 0.717) is 5.56 Å². The van der Waals surface area contributed by atoms with Gasteiger partial charge in [-0.2, -0.15) is 5.10 Å². The Morgan fingerprint density at radius 3 is 2.76 bits per heavy atom. The van der Waals surface area contributed by atoms with Crippen LogP contribution in [-0.4, -0.2) is 38.7 Å². The normalized spacial score (nSPS) is 22.2. The number of nitrogens with zero attached hydrogens (tertiary/aromatic N) is 4. The van der Waals surface area contributed by atoms with Gasteiger partial charge in [0.1, 0.15) is 11.4 Å². The number of fused-ring (bicyclic) bond motifs is 1. The third kappa shape index (κ3) is 2.90. The number of aromatic nitrogens is 3. The predicted molar refractivity (Wildman–Crippen MR) is 96.5 cm³/mol. The molecule has 1 amide bonds. The molecule has 4 rings (SSSR count). The van der Waals surface area contributed by atoms with Crippen LogP contribution in [0.3, 0.4) is 0 Å². The first kappa shape index (κ1) is 16.1. The minimum Gasteiger partial charge on any atom is -0.361 e. The van der Waals surface area contributed by atoms with Crippen LogP contribution in [0.5, 0.6) is 0 Å². The van der Waals surface area contributed by atoms with Gasteiger partial charge in [-0.1, -0.05) is 6.07 Å². The van der Waals surface area contributed by atoms with Crippen LogP contribution in [0.15, 0.2) is 30.6 Å². The summed E-state index contributed by atoms with van der Waals surface area (Å²) < 4.78 is 1.96. The number of hydrogen-bond acceptors (Lipinski definition) is 4. The van der Waals surface area contributed by atoms with E-state index in [0.717, 1.165) is 43.9 Å². The maximum absolute atomic E-state index is 13.0. The molecular weight excluding hydrogens is 314 g/mol. The summed E-state index contributed by atoms with van der Waals surface area (Å²) in [5, 5.41) is 8.07. The summed E-state index contributed by atoms with van der Waals surface area (Å²) in [7, 11) is 0. The Kier molecular flexibility index (Phi) is 3.98. The molecule has 6 heteroatoms. The molecule has 132 valence electrons. The van der Waals surface area contributed by atoms with Crippen LogP contribution in [0.1, 0.15) is 61.6 Å². The molecule has 0 bridgehead atoms. The molecular formula is C19H25N5O. The highest BCUT2D eigenvalue weighted by atomic mass is 16.2. The average Bonchev–Trinajstić information content (AvgIpc) is 3.07. The van der Waals surface area contributed by atoms with Crippen molar-refractivity contribution in [3.05, 3.63) is 41.9 Å². The Hall–Kier alpha value is -2.37. The van der Waals surface area contributed by atoms with Gasteiger partial charge < -0.3 is 10.2 Å². The molecule has 1 N–H and O–H groups in total. The average molecular weight is 339 g/mol. The van der Waals surface area contributed by atoms with Crippen LogP contribution in [0.25, 0.3) is 0 Å². The van der Waals surface area contributed by atoms with Crippen molar-refractivity contribution in [1.29, 1.82) is 0 Å². The van der Waals surface area contributed by atoms with Crippen molar-refractivity contribution >= 4 is 11.7 Å². The van der Waals surface area contributed by atoms with E-state index in [4.69, 9.17) is 0 Å². The minimum absolute atomic E-state index is 0.0771. The lowest BCUT2D eigenvalue weighted by Crippen LogP contribution is -2.40. The van der Waals surface area contributed by atoms with E-state index < -0.39 is 0 Å². The number of rotatable bonds is 2. The van der Waals surface area contributed by atoms with Gasteiger partial charge in [-0.25, -0.2) is 4.68 Å². The van der Waals surface area contributed by atoms with Gasteiger partial charge in [0.2, 0.25) is 0 Å². The fourth-order valence-electron chi connectivity index (χ4n) is 3.93. The molecule has 2 aliphatic rings. The van der Waals surface area contributed by atoms with Crippen LogP contribution < -0.4 is 5.32 Å². The fraction of sp³-hybridized carbons (Fsp3) is 0.526. The maximum Gasteiger partial charge on any atom is 0.259 e. The SMILES string of the molecule is CC1(C)CC(c2ccccn2)Nc2c(C(=O)N3CCCCC3)cnn21. The van der Waals surface area contributed by atoms with Crippen molar-refractivity contribution in [3.8, 4) is 0 Å². The number of amides is 1. The van der Waals surface area contributed by atoms with Gasteiger partial charge in [0.05, 0.1) is 23.5 Å². The second-order valence-electron chi connectivity index (χ2n) is 7.64. The topological polar surface area (TPSA) is 63.1 Å². The molecule has 6 nitrogen and oxygen atoms in total. The van der Waals surface area contributed by atoms with Crippen molar-refractivity contribution in [1.82, 2.24) is 19.7 Å². The number of hydrogen-bond donors (Lipinski definition) is 1. The number of carbonyl (C=O) groups is 1. The second-order valence-corrected chi connectivity index (χ2v) is 7.64. The molecule has 2 aliphatic heterocycles. The summed E-state index contributed by atoms with van der Waals surface area (Å²) in [6, 6.07) is 6.04. The first-order valence-electron chi connectivity index (χ1n) is 9.11. The Balaban J connectivity index is 1.68. The fourth-order valence-corrected chi connectivity index (χ4v) is 3.93. The van der Waals surface area contributed by atoms with E-state index >= 15 is 0 Å². The van der Waals surface area contributed by atoms with E-state index in [9.17, 15) is 4.79 Å². The third-order valence-electron chi connectivity index (χ3n) is 5.28. The van der Waals surface area contributed by atoms with E-state index in [1.807, 2.05) is 34.0 Å². The molecule has 0 aromatic carbocycles. The Bertz CT molecular complexity index is 761. The van der Waals surface area contributed by atoms with E-state index in [1.165, 1.54) is 6.42 Å². The number of nitrogens with one attached hydrogen (secondary N) is 1. The lowest BCUT2D eigenvalue weighted by Gasteiger charge is -2.38. The van der Waals surface area contributed by atoms with Gasteiger partial charge in [-0.3, -0.25) is 9.78 Å². The predicted octanol–water partition coefficient (Wildman–Crippen LogP) is 3.20. The molecule has 0 aliphatic carbocycles. The first-order chi connectivity index (χ1) is 12.1. The van der Waals surface area contributed by atoms with Gasteiger partial charge in [-0.05, 0) is 51.7 Å². The summed E-state index contributed by atoms with van der Waals surface area (Å²) in [4.78, 5) is 19.5. The van der Waals surface area contributed by atoms with Gasteiger partial charge in [0, 0.05) is 19.3 Å². The quantitative estimate of drug-likeness (QED) is 0.913. The largest absolute Gasteiger partial charge is 0.361 e.